The third-order valence-electron chi connectivity index (χ3n) is 2.71. The monoisotopic (exact) mass is 260 g/mol. The average molecular weight is 261 g/mol. The Labute approximate surface area is 95.9 Å². The number of nitrogens with one attached hydrogen (secondary N) is 1. The molecule has 0 aliphatic carbocycles. The molecule has 0 aromatic carbocycles. The predicted molar refractivity (Wildman–Crippen MR) is 65.8 cm³/mol. The maximum Gasteiger partial charge on any atom is 0.0294 e. The van der Waals surface area contributed by atoms with Crippen LogP contribution in [0.1, 0.15) is 20.3 Å². The molecule has 1 rings (SSSR count). The van der Waals surface area contributed by atoms with Gasteiger partial charge < -0.3 is 5.32 Å². The number of hydrogen-bond acceptors (Lipinski definition) is 2. The van der Waals surface area contributed by atoms with Crippen LogP contribution < -0.4 is 5.32 Å². The van der Waals surface area contributed by atoms with Crippen molar-refractivity contribution >= 4 is 15.9 Å². The van der Waals surface area contributed by atoms with Gasteiger partial charge in [-0.15, -0.1) is 0 Å². The van der Waals surface area contributed by atoms with Crippen LogP contribution in [0.4, 0.5) is 0 Å². The first kappa shape index (κ1) is 12.2. The van der Waals surface area contributed by atoms with E-state index in [9.17, 15) is 0 Å². The van der Waals surface area contributed by atoms with Crippen LogP contribution in [0.15, 0.2) is 11.1 Å². The zero-order chi connectivity index (χ0) is 10.6. The Hall–Kier alpha value is 0.140. The van der Waals surface area contributed by atoms with Crippen molar-refractivity contribution < 1.29 is 0 Å². The Kier molecular flexibility index (Phi) is 5.13. The number of rotatable bonds is 3. The third kappa shape index (κ3) is 4.11. The van der Waals surface area contributed by atoms with E-state index in [0.29, 0.717) is 12.0 Å². The highest BCUT2D eigenvalue weighted by Gasteiger charge is 2.19. The number of hydrogen-bond donors (Lipinski definition) is 1. The Balaban J connectivity index is 2.46. The summed E-state index contributed by atoms with van der Waals surface area (Å²) in [5.74, 6) is 0.708. The normalized spacial score (nSPS) is 25.0. The van der Waals surface area contributed by atoms with Crippen LogP contribution >= 0.6 is 15.9 Å². The molecule has 1 saturated heterocycles. The summed E-state index contributed by atoms with van der Waals surface area (Å²) >= 11 is 3.44. The summed E-state index contributed by atoms with van der Waals surface area (Å²) in [6.07, 6.45) is 1.24. The molecule has 14 heavy (non-hydrogen) atoms. The molecule has 0 amide bonds. The van der Waals surface area contributed by atoms with Crippen molar-refractivity contribution in [1.82, 2.24) is 10.2 Å². The molecule has 0 radical (unpaired) electrons. The van der Waals surface area contributed by atoms with Crippen molar-refractivity contribution in [1.29, 1.82) is 0 Å². The molecule has 0 aromatic heterocycles. The minimum Gasteiger partial charge on any atom is -0.312 e. The Morgan fingerprint density at radius 1 is 1.64 bits per heavy atom. The zero-order valence-electron chi connectivity index (χ0n) is 9.22. The van der Waals surface area contributed by atoms with Crippen LogP contribution in [0, 0.1) is 5.92 Å². The summed E-state index contributed by atoms with van der Waals surface area (Å²) in [4.78, 5) is 2.47. The SMILES string of the molecule is C=C(Br)CN1CCCNC(C(C)C)C1. The number of nitrogens with zero attached hydrogens (tertiary/aromatic N) is 1. The van der Waals surface area contributed by atoms with Crippen LogP contribution in [0.5, 0.6) is 0 Å². The molecule has 3 heteroatoms. The maximum atomic E-state index is 3.90. The fraction of sp³-hybridized carbons (Fsp3) is 0.818. The van der Waals surface area contributed by atoms with E-state index in [1.54, 1.807) is 0 Å². The molecule has 1 unspecified atom stereocenters. The van der Waals surface area contributed by atoms with Crippen LogP contribution in [0.2, 0.25) is 0 Å². The lowest BCUT2D eigenvalue weighted by Crippen LogP contribution is -2.41. The molecule has 1 aliphatic heterocycles. The van der Waals surface area contributed by atoms with Gasteiger partial charge in [-0.2, -0.15) is 0 Å². The van der Waals surface area contributed by atoms with Crippen molar-refractivity contribution in [3.05, 3.63) is 11.1 Å². The van der Waals surface area contributed by atoms with E-state index >= 15 is 0 Å². The minimum atomic E-state index is 0.629. The van der Waals surface area contributed by atoms with Gasteiger partial charge in [0.25, 0.3) is 0 Å². The first-order valence-corrected chi connectivity index (χ1v) is 6.18. The lowest BCUT2D eigenvalue weighted by atomic mass is 10.0. The summed E-state index contributed by atoms with van der Waals surface area (Å²) in [6.45, 7) is 12.9. The molecule has 1 heterocycles. The highest BCUT2D eigenvalue weighted by Crippen LogP contribution is 2.11. The summed E-state index contributed by atoms with van der Waals surface area (Å²) < 4.78 is 1.09. The molecule has 2 nitrogen and oxygen atoms in total. The second kappa shape index (κ2) is 5.89. The minimum absolute atomic E-state index is 0.629. The van der Waals surface area contributed by atoms with E-state index in [1.165, 1.54) is 13.0 Å². The van der Waals surface area contributed by atoms with Gasteiger partial charge in [0.15, 0.2) is 0 Å². The molecule has 1 N–H and O–H groups in total. The van der Waals surface area contributed by atoms with Gasteiger partial charge in [-0.3, -0.25) is 4.90 Å². The van der Waals surface area contributed by atoms with Gasteiger partial charge in [0.2, 0.25) is 0 Å². The molecule has 0 bridgehead atoms. The average Bonchev–Trinajstić information content (AvgIpc) is 2.28. The standard InChI is InChI=1S/C11H21BrN2/c1-9(2)11-8-14(7-10(3)12)6-4-5-13-11/h9,11,13H,3-8H2,1-2H3. The lowest BCUT2D eigenvalue weighted by molar-refractivity contribution is 0.266. The summed E-state index contributed by atoms with van der Waals surface area (Å²) in [7, 11) is 0. The molecule has 1 fully saturated rings. The first-order valence-electron chi connectivity index (χ1n) is 5.38. The third-order valence-corrected chi connectivity index (χ3v) is 2.96. The largest absolute Gasteiger partial charge is 0.312 e. The maximum absolute atomic E-state index is 3.90. The fourth-order valence-corrected chi connectivity index (χ4v) is 2.21. The topological polar surface area (TPSA) is 15.3 Å². The van der Waals surface area contributed by atoms with E-state index in [1.807, 2.05) is 0 Å². The van der Waals surface area contributed by atoms with Crippen LogP contribution in [0.3, 0.4) is 0 Å². The zero-order valence-corrected chi connectivity index (χ0v) is 10.8. The van der Waals surface area contributed by atoms with Crippen molar-refractivity contribution in [2.24, 2.45) is 5.92 Å². The van der Waals surface area contributed by atoms with Crippen LogP contribution in [0.25, 0.3) is 0 Å². The van der Waals surface area contributed by atoms with Gasteiger partial charge in [-0.05, 0) is 25.4 Å². The highest BCUT2D eigenvalue weighted by molar-refractivity contribution is 9.11. The first-order chi connectivity index (χ1) is 6.59. The quantitative estimate of drug-likeness (QED) is 0.838. The molecule has 0 saturated carbocycles. The van der Waals surface area contributed by atoms with Gasteiger partial charge in [-0.1, -0.05) is 36.4 Å². The number of halogens is 1. The Bertz CT molecular complexity index is 192. The molecule has 1 aliphatic rings. The smallest absolute Gasteiger partial charge is 0.0294 e. The summed E-state index contributed by atoms with van der Waals surface area (Å²) in [5.41, 5.74) is 0. The van der Waals surface area contributed by atoms with Gasteiger partial charge in [0, 0.05) is 23.6 Å². The molecular formula is C11H21BrN2. The van der Waals surface area contributed by atoms with Crippen LogP contribution in [-0.2, 0) is 0 Å². The fourth-order valence-electron chi connectivity index (χ4n) is 1.86. The van der Waals surface area contributed by atoms with Gasteiger partial charge in [0.05, 0.1) is 0 Å². The molecular weight excluding hydrogens is 240 g/mol. The van der Waals surface area contributed by atoms with E-state index in [-0.39, 0.29) is 0 Å². The summed E-state index contributed by atoms with van der Waals surface area (Å²) in [5, 5.41) is 3.60. The Morgan fingerprint density at radius 2 is 2.36 bits per heavy atom. The second-order valence-electron chi connectivity index (χ2n) is 4.41. The highest BCUT2D eigenvalue weighted by atomic mass is 79.9. The lowest BCUT2D eigenvalue weighted by Gasteiger charge is -2.26. The predicted octanol–water partition coefficient (Wildman–Crippen LogP) is 2.21. The molecule has 82 valence electrons. The van der Waals surface area contributed by atoms with E-state index in [2.05, 4.69) is 46.6 Å². The molecule has 0 spiro atoms. The van der Waals surface area contributed by atoms with Gasteiger partial charge in [-0.25, -0.2) is 0 Å². The molecule has 0 aromatic rings. The van der Waals surface area contributed by atoms with Crippen molar-refractivity contribution in [3.63, 3.8) is 0 Å². The van der Waals surface area contributed by atoms with Gasteiger partial charge in [0.1, 0.15) is 0 Å². The van der Waals surface area contributed by atoms with Crippen LogP contribution in [-0.4, -0.2) is 37.1 Å². The van der Waals surface area contributed by atoms with Crippen molar-refractivity contribution in [2.75, 3.05) is 26.2 Å². The van der Waals surface area contributed by atoms with E-state index < -0.39 is 0 Å². The van der Waals surface area contributed by atoms with Gasteiger partial charge >= 0.3 is 0 Å². The van der Waals surface area contributed by atoms with Crippen molar-refractivity contribution in [2.45, 2.75) is 26.3 Å². The Morgan fingerprint density at radius 3 is 2.93 bits per heavy atom. The summed E-state index contributed by atoms with van der Waals surface area (Å²) in [6, 6.07) is 0.629. The van der Waals surface area contributed by atoms with Crippen molar-refractivity contribution in [3.8, 4) is 0 Å². The molecule has 1 atom stereocenters. The second-order valence-corrected chi connectivity index (χ2v) is 5.53. The van der Waals surface area contributed by atoms with E-state index in [4.69, 9.17) is 0 Å². The van der Waals surface area contributed by atoms with E-state index in [0.717, 1.165) is 24.1 Å².